The second-order valence-corrected chi connectivity index (χ2v) is 9.78. The van der Waals surface area contributed by atoms with Gasteiger partial charge in [-0.05, 0) is 92.9 Å². The van der Waals surface area contributed by atoms with Gasteiger partial charge in [0.25, 0.3) is 0 Å². The van der Waals surface area contributed by atoms with Gasteiger partial charge in [-0.3, -0.25) is 0 Å². The van der Waals surface area contributed by atoms with Crippen LogP contribution in [0.1, 0.15) is 53.6 Å². The third-order valence-corrected chi connectivity index (χ3v) is 6.90. The summed E-state index contributed by atoms with van der Waals surface area (Å²) in [6, 6.07) is 12.6. The molecule has 0 amide bonds. The van der Waals surface area contributed by atoms with Crippen molar-refractivity contribution in [1.82, 2.24) is 14.7 Å². The van der Waals surface area contributed by atoms with Crippen LogP contribution in [-0.2, 0) is 19.6 Å². The average molecular weight is 540 g/mol. The van der Waals surface area contributed by atoms with Crippen molar-refractivity contribution in [3.63, 3.8) is 0 Å². The Kier molecular flexibility index (Phi) is 9.45. The Morgan fingerprint density at radius 2 is 2.00 bits per heavy atom. The summed E-state index contributed by atoms with van der Waals surface area (Å²) in [5.74, 6) is 1.59. The number of fused-ring (bicyclic) bond motifs is 1. The molecule has 0 saturated carbocycles. The van der Waals surface area contributed by atoms with E-state index in [4.69, 9.17) is 14.5 Å². The zero-order chi connectivity index (χ0) is 28.6. The molecule has 2 heterocycles. The highest BCUT2D eigenvalue weighted by Gasteiger charge is 2.19. The minimum Gasteiger partial charge on any atom is -0.488 e. The van der Waals surface area contributed by atoms with Gasteiger partial charge < -0.3 is 14.4 Å². The van der Waals surface area contributed by atoms with Crippen LogP contribution in [0.5, 0.6) is 11.6 Å². The molecule has 40 heavy (non-hydrogen) atoms. The molecule has 0 aliphatic carbocycles. The molecule has 8 heteroatoms. The van der Waals surface area contributed by atoms with Crippen molar-refractivity contribution in [2.45, 2.75) is 46.8 Å². The Balaban J connectivity index is 1.65. The summed E-state index contributed by atoms with van der Waals surface area (Å²) in [5.41, 5.74) is 6.81. The number of aliphatic imine (C=N–C) groups is 1. The van der Waals surface area contributed by atoms with Crippen LogP contribution >= 0.6 is 0 Å². The zero-order valence-electron chi connectivity index (χ0n) is 23.8. The standard InChI is InChI=1S/C32H37N5O3/c1-7-29(34-30(8-2)37-32(39-9-3)28(19-33-37)23(5)35-38)27-14-10-12-22(4)31(27)40-21-24-15-16-26-20-36(6)17-11-13-25(26)18-24/h7-8,10,12,14-16,18-19H,1,5,9,11,13,17,20-21H2,2-4,6H3/b30-8+,34-29+. The monoisotopic (exact) mass is 539 g/mol. The lowest BCUT2D eigenvalue weighted by molar-refractivity contribution is 0.303. The van der Waals surface area contributed by atoms with Crippen LogP contribution in [0.3, 0.4) is 0 Å². The third kappa shape index (κ3) is 6.29. The molecule has 1 aliphatic heterocycles. The highest BCUT2D eigenvalue weighted by molar-refractivity contribution is 6.12. The van der Waals surface area contributed by atoms with E-state index in [-0.39, 0.29) is 5.70 Å². The number of aromatic nitrogens is 2. The number of nitrogens with zero attached hydrogens (tertiary/aromatic N) is 5. The normalized spacial score (nSPS) is 14.3. The van der Waals surface area contributed by atoms with Gasteiger partial charge in [-0.25, -0.2) is 4.99 Å². The highest BCUT2D eigenvalue weighted by atomic mass is 16.5. The summed E-state index contributed by atoms with van der Waals surface area (Å²) in [5, 5.41) is 7.36. The van der Waals surface area contributed by atoms with E-state index in [9.17, 15) is 4.91 Å². The van der Waals surface area contributed by atoms with Crippen molar-refractivity contribution >= 4 is 17.2 Å². The Morgan fingerprint density at radius 3 is 2.73 bits per heavy atom. The summed E-state index contributed by atoms with van der Waals surface area (Å²) in [7, 11) is 2.17. The van der Waals surface area contributed by atoms with E-state index in [0.717, 1.165) is 48.4 Å². The maximum Gasteiger partial charge on any atom is 0.227 e. The predicted molar refractivity (Wildman–Crippen MR) is 162 cm³/mol. The smallest absolute Gasteiger partial charge is 0.227 e. The van der Waals surface area contributed by atoms with Gasteiger partial charge in [0.1, 0.15) is 18.1 Å². The number of ether oxygens (including phenoxy) is 2. The van der Waals surface area contributed by atoms with Crippen molar-refractivity contribution in [3.8, 4) is 11.6 Å². The molecule has 0 fully saturated rings. The SMILES string of the molecule is C=C/C(=N\C(=C/C)n1ncc(C(=C)N=O)c1OCC)c1cccc(C)c1OCc1ccc2c(c1)CCCN(C)C2. The molecular formula is C32H37N5O3. The molecule has 0 saturated heterocycles. The molecule has 0 bridgehead atoms. The molecule has 0 radical (unpaired) electrons. The fraction of sp³-hybridized carbons (Fsp3) is 0.312. The molecule has 3 aromatic rings. The van der Waals surface area contributed by atoms with E-state index in [1.54, 1.807) is 6.08 Å². The second kappa shape index (κ2) is 13.2. The van der Waals surface area contributed by atoms with Crippen LogP contribution in [0.25, 0.3) is 11.5 Å². The molecule has 2 aromatic carbocycles. The Hall–Kier alpha value is -4.30. The molecule has 0 spiro atoms. The van der Waals surface area contributed by atoms with Crippen LogP contribution < -0.4 is 9.47 Å². The van der Waals surface area contributed by atoms with Crippen molar-refractivity contribution in [1.29, 1.82) is 0 Å². The quantitative estimate of drug-likeness (QED) is 0.198. The van der Waals surface area contributed by atoms with Crippen LogP contribution in [0.15, 0.2) is 78.1 Å². The molecular weight excluding hydrogens is 502 g/mol. The Morgan fingerprint density at radius 1 is 1.18 bits per heavy atom. The number of nitroso groups, excluding NO2 is 1. The van der Waals surface area contributed by atoms with Gasteiger partial charge in [-0.15, -0.1) is 4.91 Å². The van der Waals surface area contributed by atoms with E-state index in [1.165, 1.54) is 22.0 Å². The van der Waals surface area contributed by atoms with Crippen molar-refractivity contribution in [2.24, 2.45) is 10.2 Å². The fourth-order valence-corrected chi connectivity index (χ4v) is 4.86. The van der Waals surface area contributed by atoms with Crippen molar-refractivity contribution < 1.29 is 9.47 Å². The third-order valence-electron chi connectivity index (χ3n) is 6.90. The number of para-hydroxylation sites is 1. The number of hydrogen-bond acceptors (Lipinski definition) is 7. The van der Waals surface area contributed by atoms with Crippen molar-refractivity contribution in [2.75, 3.05) is 20.2 Å². The number of hydrogen-bond donors (Lipinski definition) is 0. The average Bonchev–Trinajstić information content (AvgIpc) is 3.27. The molecule has 0 N–H and O–H groups in total. The fourth-order valence-electron chi connectivity index (χ4n) is 4.86. The number of aryl methyl sites for hydroxylation is 2. The summed E-state index contributed by atoms with van der Waals surface area (Å²) in [6.07, 6.45) is 7.24. The molecule has 0 atom stereocenters. The Labute approximate surface area is 236 Å². The van der Waals surface area contributed by atoms with Gasteiger partial charge in [-0.2, -0.15) is 9.78 Å². The molecule has 4 rings (SSSR count). The van der Waals surface area contributed by atoms with E-state index < -0.39 is 0 Å². The largest absolute Gasteiger partial charge is 0.488 e. The first-order valence-corrected chi connectivity index (χ1v) is 13.5. The first-order valence-electron chi connectivity index (χ1n) is 13.5. The van der Waals surface area contributed by atoms with Crippen LogP contribution in [0.4, 0.5) is 0 Å². The molecule has 0 unspecified atom stereocenters. The molecule has 208 valence electrons. The van der Waals surface area contributed by atoms with Gasteiger partial charge in [0, 0.05) is 12.1 Å². The number of benzene rings is 2. The predicted octanol–water partition coefficient (Wildman–Crippen LogP) is 6.78. The van der Waals surface area contributed by atoms with Gasteiger partial charge in [0.15, 0.2) is 5.82 Å². The van der Waals surface area contributed by atoms with Gasteiger partial charge in [0.05, 0.1) is 24.1 Å². The minimum absolute atomic E-state index is 0.0391. The van der Waals surface area contributed by atoms with Gasteiger partial charge >= 0.3 is 0 Å². The summed E-state index contributed by atoms with van der Waals surface area (Å²) < 4.78 is 13.8. The lowest BCUT2D eigenvalue weighted by atomic mass is 10.0. The molecule has 1 aromatic heterocycles. The van der Waals surface area contributed by atoms with Crippen LogP contribution in [-0.4, -0.2) is 40.6 Å². The Bertz CT molecular complexity index is 1470. The van der Waals surface area contributed by atoms with Crippen LogP contribution in [0.2, 0.25) is 0 Å². The summed E-state index contributed by atoms with van der Waals surface area (Å²) in [6.45, 7) is 16.4. The van der Waals surface area contributed by atoms with Gasteiger partial charge in [-0.1, -0.05) is 43.5 Å². The van der Waals surface area contributed by atoms with E-state index in [2.05, 4.69) is 53.6 Å². The first kappa shape index (κ1) is 28.7. The topological polar surface area (TPSA) is 81.3 Å². The number of rotatable bonds is 11. The molecule has 8 nitrogen and oxygen atoms in total. The molecule has 1 aliphatic rings. The lowest BCUT2D eigenvalue weighted by Crippen LogP contribution is -2.17. The van der Waals surface area contributed by atoms with Gasteiger partial charge in [0.2, 0.25) is 5.88 Å². The highest BCUT2D eigenvalue weighted by Crippen LogP contribution is 2.31. The van der Waals surface area contributed by atoms with E-state index in [1.807, 2.05) is 45.0 Å². The zero-order valence-corrected chi connectivity index (χ0v) is 23.8. The lowest BCUT2D eigenvalue weighted by Gasteiger charge is -2.17. The van der Waals surface area contributed by atoms with E-state index in [0.29, 0.717) is 36.2 Å². The number of allylic oxidation sites excluding steroid dienone is 2. The second-order valence-electron chi connectivity index (χ2n) is 9.78. The van der Waals surface area contributed by atoms with E-state index >= 15 is 0 Å². The minimum atomic E-state index is 0.0391. The summed E-state index contributed by atoms with van der Waals surface area (Å²) >= 11 is 0. The van der Waals surface area contributed by atoms with Crippen LogP contribution in [0, 0.1) is 11.8 Å². The van der Waals surface area contributed by atoms with Crippen molar-refractivity contribution in [3.05, 3.63) is 106 Å². The first-order chi connectivity index (χ1) is 19.4. The maximum atomic E-state index is 11.1. The summed E-state index contributed by atoms with van der Waals surface area (Å²) in [4.78, 5) is 18.4. The maximum absolute atomic E-state index is 11.1.